The summed E-state index contributed by atoms with van der Waals surface area (Å²) >= 11 is 3.52. The van der Waals surface area contributed by atoms with Crippen LogP contribution in [0.1, 0.15) is 32.6 Å². The number of benzene rings is 3. The van der Waals surface area contributed by atoms with Gasteiger partial charge >= 0.3 is 5.97 Å². The molecule has 1 fully saturated rings. The van der Waals surface area contributed by atoms with Crippen LogP contribution < -0.4 is 10.1 Å². The van der Waals surface area contributed by atoms with E-state index in [-0.39, 0.29) is 11.5 Å². The van der Waals surface area contributed by atoms with Gasteiger partial charge in [0.15, 0.2) is 5.17 Å². The summed E-state index contributed by atoms with van der Waals surface area (Å²) in [6.45, 7) is 4.38. The van der Waals surface area contributed by atoms with Gasteiger partial charge in [-0.1, -0.05) is 30.3 Å². The number of ether oxygens (including phenoxy) is 1. The number of halogens is 1. The number of thioether (sulfide) groups is 1. The summed E-state index contributed by atoms with van der Waals surface area (Å²) in [5.41, 5.74) is 5.09. The number of amidine groups is 1. The fourth-order valence-electron chi connectivity index (χ4n) is 3.23. The van der Waals surface area contributed by atoms with E-state index in [1.54, 1.807) is 24.3 Å². The maximum absolute atomic E-state index is 12.5. The Hall–Kier alpha value is -3.11. The lowest BCUT2D eigenvalue weighted by atomic mass is 10.1. The van der Waals surface area contributed by atoms with Crippen LogP contribution in [0.25, 0.3) is 6.08 Å². The second-order valence-electron chi connectivity index (χ2n) is 7.68. The first kappa shape index (κ1) is 24.0. The van der Waals surface area contributed by atoms with E-state index in [4.69, 9.17) is 9.84 Å². The summed E-state index contributed by atoms with van der Waals surface area (Å²) in [4.78, 5) is 28.6. The summed E-state index contributed by atoms with van der Waals surface area (Å²) < 4.78 is 6.80. The molecule has 0 bridgehead atoms. The Balaban J connectivity index is 1.44. The molecule has 1 saturated heterocycles. The number of aromatic carboxylic acids is 1. The van der Waals surface area contributed by atoms with E-state index in [0.717, 1.165) is 31.5 Å². The Labute approximate surface area is 215 Å². The zero-order valence-corrected chi connectivity index (χ0v) is 21.4. The highest BCUT2D eigenvalue weighted by molar-refractivity contribution is 14.1. The van der Waals surface area contributed by atoms with Crippen molar-refractivity contribution < 1.29 is 19.4 Å². The maximum Gasteiger partial charge on any atom is 0.335 e. The Kier molecular flexibility index (Phi) is 7.38. The number of rotatable bonds is 6. The molecule has 0 spiro atoms. The number of carbonyl (C=O) groups is 2. The van der Waals surface area contributed by atoms with Gasteiger partial charge in [-0.15, -0.1) is 0 Å². The van der Waals surface area contributed by atoms with E-state index in [1.165, 1.54) is 11.8 Å². The molecule has 3 aromatic rings. The Morgan fingerprint density at radius 2 is 1.91 bits per heavy atom. The van der Waals surface area contributed by atoms with Crippen molar-refractivity contribution in [1.82, 2.24) is 5.32 Å². The minimum Gasteiger partial charge on any atom is -0.488 e. The third kappa shape index (κ3) is 5.68. The van der Waals surface area contributed by atoms with Gasteiger partial charge in [-0.05, 0) is 107 Å². The second kappa shape index (κ2) is 10.4. The number of hydrogen-bond donors (Lipinski definition) is 2. The highest BCUT2D eigenvalue weighted by Crippen LogP contribution is 2.31. The quantitative estimate of drug-likeness (QED) is 0.271. The van der Waals surface area contributed by atoms with Crippen molar-refractivity contribution in [3.63, 3.8) is 0 Å². The van der Waals surface area contributed by atoms with Gasteiger partial charge in [0, 0.05) is 0 Å². The third-order valence-electron chi connectivity index (χ3n) is 5.30. The molecular formula is C26H21IN2O4S. The maximum atomic E-state index is 12.5. The fourth-order valence-corrected chi connectivity index (χ4v) is 4.76. The average Bonchev–Trinajstić information content (AvgIpc) is 3.15. The minimum absolute atomic E-state index is 0.172. The monoisotopic (exact) mass is 584 g/mol. The van der Waals surface area contributed by atoms with Gasteiger partial charge in [-0.3, -0.25) is 4.79 Å². The third-order valence-corrected chi connectivity index (χ3v) is 7.05. The lowest BCUT2D eigenvalue weighted by Gasteiger charge is -2.09. The number of carboxylic acid groups (broad SMARTS) is 1. The topological polar surface area (TPSA) is 88.0 Å². The summed E-state index contributed by atoms with van der Waals surface area (Å²) in [7, 11) is 0. The van der Waals surface area contributed by atoms with E-state index in [2.05, 4.69) is 32.9 Å². The van der Waals surface area contributed by atoms with Crippen molar-refractivity contribution in [2.24, 2.45) is 4.99 Å². The first-order chi connectivity index (χ1) is 16.3. The largest absolute Gasteiger partial charge is 0.488 e. The number of aryl methyl sites for hydroxylation is 1. The Morgan fingerprint density at radius 1 is 1.15 bits per heavy atom. The average molecular weight is 584 g/mol. The molecule has 0 atom stereocenters. The van der Waals surface area contributed by atoms with E-state index < -0.39 is 5.97 Å². The molecule has 0 radical (unpaired) electrons. The molecule has 0 aromatic heterocycles. The van der Waals surface area contributed by atoms with Crippen LogP contribution >= 0.6 is 34.4 Å². The molecule has 1 amide bonds. The lowest BCUT2D eigenvalue weighted by molar-refractivity contribution is -0.115. The molecule has 8 heteroatoms. The number of aliphatic imine (C=N–C) groups is 1. The van der Waals surface area contributed by atoms with Crippen LogP contribution in [0.4, 0.5) is 5.69 Å². The van der Waals surface area contributed by atoms with Crippen molar-refractivity contribution in [1.29, 1.82) is 0 Å². The van der Waals surface area contributed by atoms with Crippen LogP contribution in [0.3, 0.4) is 0 Å². The normalized spacial score (nSPS) is 15.6. The summed E-state index contributed by atoms with van der Waals surface area (Å²) in [5.74, 6) is -0.413. The van der Waals surface area contributed by atoms with Gasteiger partial charge in [0.05, 0.1) is 19.7 Å². The second-order valence-corrected chi connectivity index (χ2v) is 9.87. The van der Waals surface area contributed by atoms with Crippen LogP contribution in [-0.2, 0) is 11.4 Å². The predicted octanol–water partition coefficient (Wildman–Crippen LogP) is 6.08. The predicted molar refractivity (Wildman–Crippen MR) is 144 cm³/mol. The number of hydrogen-bond acceptors (Lipinski definition) is 5. The summed E-state index contributed by atoms with van der Waals surface area (Å²) in [6.07, 6.45) is 1.84. The molecule has 2 N–H and O–H groups in total. The molecule has 1 aliphatic heterocycles. The van der Waals surface area contributed by atoms with Crippen molar-refractivity contribution in [2.45, 2.75) is 20.5 Å². The van der Waals surface area contributed by atoms with Gasteiger partial charge in [0.25, 0.3) is 5.91 Å². The first-order valence-electron chi connectivity index (χ1n) is 10.4. The fraction of sp³-hybridized carbons (Fsp3) is 0.115. The molecule has 0 saturated carbocycles. The van der Waals surface area contributed by atoms with Crippen LogP contribution in [0.5, 0.6) is 5.75 Å². The van der Waals surface area contributed by atoms with Gasteiger partial charge < -0.3 is 15.2 Å². The number of carbonyl (C=O) groups excluding carboxylic acids is 1. The zero-order valence-electron chi connectivity index (χ0n) is 18.5. The molecular weight excluding hydrogens is 563 g/mol. The van der Waals surface area contributed by atoms with Crippen LogP contribution in [0, 0.1) is 17.4 Å². The molecule has 4 rings (SSSR count). The van der Waals surface area contributed by atoms with E-state index in [9.17, 15) is 9.59 Å². The van der Waals surface area contributed by atoms with E-state index >= 15 is 0 Å². The molecule has 6 nitrogen and oxygen atoms in total. The van der Waals surface area contributed by atoms with Crippen LogP contribution in [0.2, 0.25) is 0 Å². The van der Waals surface area contributed by atoms with Crippen molar-refractivity contribution in [2.75, 3.05) is 0 Å². The number of carboxylic acids is 1. The first-order valence-corrected chi connectivity index (χ1v) is 12.3. The number of amides is 1. The SMILES string of the molecule is Cc1cccc(N=C2NC(=O)/C(=C/c3ccc(OCc4ccc(C(=O)O)cc4)c(I)c3)S2)c1C. The number of nitrogens with zero attached hydrogens (tertiary/aromatic N) is 1. The molecule has 1 aliphatic rings. The Morgan fingerprint density at radius 3 is 2.62 bits per heavy atom. The molecule has 1 heterocycles. The molecule has 3 aromatic carbocycles. The highest BCUT2D eigenvalue weighted by Gasteiger charge is 2.24. The molecule has 0 unspecified atom stereocenters. The smallest absolute Gasteiger partial charge is 0.335 e. The van der Waals surface area contributed by atoms with E-state index in [0.29, 0.717) is 22.4 Å². The van der Waals surface area contributed by atoms with Gasteiger partial charge in [0.2, 0.25) is 0 Å². The van der Waals surface area contributed by atoms with Crippen molar-refractivity contribution >= 4 is 63.2 Å². The summed E-state index contributed by atoms with van der Waals surface area (Å²) in [5, 5.41) is 12.4. The number of nitrogens with one attached hydrogen (secondary N) is 1. The minimum atomic E-state index is -0.954. The summed E-state index contributed by atoms with van der Waals surface area (Å²) in [6, 6.07) is 18.2. The van der Waals surface area contributed by atoms with Crippen molar-refractivity contribution in [3.8, 4) is 5.75 Å². The molecule has 34 heavy (non-hydrogen) atoms. The van der Waals surface area contributed by atoms with Gasteiger partial charge in [-0.25, -0.2) is 9.79 Å². The molecule has 0 aliphatic carbocycles. The van der Waals surface area contributed by atoms with Crippen LogP contribution in [-0.4, -0.2) is 22.2 Å². The molecule has 172 valence electrons. The zero-order chi connectivity index (χ0) is 24.2. The lowest BCUT2D eigenvalue weighted by Crippen LogP contribution is -2.19. The van der Waals surface area contributed by atoms with Gasteiger partial charge in [-0.2, -0.15) is 0 Å². The standard InChI is InChI=1S/C26H21IN2O4S/c1-15-4-3-5-21(16(15)2)28-26-29-24(30)23(34-26)13-18-8-11-22(20(27)12-18)33-14-17-6-9-19(10-7-17)25(31)32/h3-13H,14H2,1-2H3,(H,31,32)(H,28,29,30)/b23-13-. The Bertz CT molecular complexity index is 1330. The highest BCUT2D eigenvalue weighted by atomic mass is 127. The van der Waals surface area contributed by atoms with Crippen molar-refractivity contribution in [3.05, 3.63) is 97.0 Å². The van der Waals surface area contributed by atoms with Gasteiger partial charge in [0.1, 0.15) is 12.4 Å². The van der Waals surface area contributed by atoms with Crippen LogP contribution in [0.15, 0.2) is 70.6 Å². The van der Waals surface area contributed by atoms with E-state index in [1.807, 2.05) is 56.3 Å².